The Morgan fingerprint density at radius 3 is 2.45 bits per heavy atom. The first-order valence-electron chi connectivity index (χ1n) is 6.64. The van der Waals surface area contributed by atoms with Crippen LogP contribution in [0.2, 0.25) is 0 Å². The van der Waals surface area contributed by atoms with Gasteiger partial charge in [-0.25, -0.2) is 13.2 Å². The number of hydrogen-bond donors (Lipinski definition) is 3. The Morgan fingerprint density at radius 1 is 1.35 bits per heavy atom. The maximum absolute atomic E-state index is 11.6. The number of amides is 2. The average Bonchev–Trinajstić information content (AvgIpc) is 2.72. The highest BCUT2D eigenvalue weighted by Gasteiger charge is 2.32. The molecule has 7 nitrogen and oxygen atoms in total. The number of hydrogen-bond acceptors (Lipinski definition) is 4. The second-order valence-electron chi connectivity index (χ2n) is 5.55. The fourth-order valence-corrected chi connectivity index (χ4v) is 3.82. The lowest BCUT2D eigenvalue weighted by Crippen LogP contribution is -2.45. The lowest BCUT2D eigenvalue weighted by molar-refractivity contribution is -0.147. The van der Waals surface area contributed by atoms with Crippen LogP contribution in [0.1, 0.15) is 26.7 Å². The fraction of sp³-hybridized carbons (Fsp3) is 0.833. The van der Waals surface area contributed by atoms with E-state index in [1.165, 1.54) is 0 Å². The van der Waals surface area contributed by atoms with Gasteiger partial charge in [-0.1, -0.05) is 6.92 Å². The average molecular weight is 306 g/mol. The first-order valence-corrected chi connectivity index (χ1v) is 8.46. The third-order valence-electron chi connectivity index (χ3n) is 3.81. The molecule has 0 aromatic heterocycles. The van der Waals surface area contributed by atoms with E-state index in [1.54, 1.807) is 13.8 Å². The van der Waals surface area contributed by atoms with Gasteiger partial charge in [0.15, 0.2) is 9.84 Å². The molecular weight excluding hydrogens is 284 g/mol. The van der Waals surface area contributed by atoms with E-state index in [2.05, 4.69) is 10.6 Å². The molecule has 1 rings (SSSR count). The van der Waals surface area contributed by atoms with Crippen LogP contribution in [-0.2, 0) is 14.6 Å². The Balaban J connectivity index is 2.33. The molecule has 2 atom stereocenters. The summed E-state index contributed by atoms with van der Waals surface area (Å²) >= 11 is 0. The van der Waals surface area contributed by atoms with Crippen molar-refractivity contribution in [3.8, 4) is 0 Å². The number of aliphatic carboxylic acids is 1. The van der Waals surface area contributed by atoms with Gasteiger partial charge in [-0.15, -0.1) is 0 Å². The van der Waals surface area contributed by atoms with Gasteiger partial charge in [0.25, 0.3) is 0 Å². The van der Waals surface area contributed by atoms with Crippen molar-refractivity contribution in [1.82, 2.24) is 10.6 Å². The molecular formula is C12H22N2O5S. The molecule has 1 fully saturated rings. The van der Waals surface area contributed by atoms with Gasteiger partial charge >= 0.3 is 12.0 Å². The minimum Gasteiger partial charge on any atom is -0.481 e. The smallest absolute Gasteiger partial charge is 0.314 e. The summed E-state index contributed by atoms with van der Waals surface area (Å²) in [6.07, 6.45) is 0.966. The number of carbonyl (C=O) groups is 2. The van der Waals surface area contributed by atoms with E-state index in [0.29, 0.717) is 19.4 Å². The lowest BCUT2D eigenvalue weighted by atomic mass is 9.88. The molecule has 1 aliphatic rings. The topological polar surface area (TPSA) is 113 Å². The zero-order valence-electron chi connectivity index (χ0n) is 11.8. The minimum atomic E-state index is -2.94. The molecule has 0 aliphatic carbocycles. The Labute approximate surface area is 119 Å². The number of sulfone groups is 1. The molecule has 20 heavy (non-hydrogen) atoms. The van der Waals surface area contributed by atoms with E-state index in [4.69, 9.17) is 5.11 Å². The highest BCUT2D eigenvalue weighted by molar-refractivity contribution is 7.91. The summed E-state index contributed by atoms with van der Waals surface area (Å²) in [4.78, 5) is 22.6. The van der Waals surface area contributed by atoms with E-state index in [-0.39, 0.29) is 24.0 Å². The van der Waals surface area contributed by atoms with E-state index < -0.39 is 27.3 Å². The zero-order chi connectivity index (χ0) is 15.4. The molecule has 8 heteroatoms. The first-order chi connectivity index (χ1) is 9.18. The van der Waals surface area contributed by atoms with Crippen molar-refractivity contribution < 1.29 is 23.1 Å². The number of carboxylic acid groups (broad SMARTS) is 1. The van der Waals surface area contributed by atoms with Crippen molar-refractivity contribution >= 4 is 21.8 Å². The highest BCUT2D eigenvalue weighted by Crippen LogP contribution is 2.20. The third-order valence-corrected chi connectivity index (χ3v) is 5.65. The second kappa shape index (κ2) is 6.43. The summed E-state index contributed by atoms with van der Waals surface area (Å²) < 4.78 is 22.5. The SMILES string of the molecule is CCC(C)(CNC(=O)NCC1CCS(=O)(=O)C1)C(=O)O. The van der Waals surface area contributed by atoms with Crippen molar-refractivity contribution in [2.45, 2.75) is 26.7 Å². The van der Waals surface area contributed by atoms with Crippen LogP contribution < -0.4 is 10.6 Å². The first kappa shape index (κ1) is 16.7. The van der Waals surface area contributed by atoms with Gasteiger partial charge in [0, 0.05) is 13.1 Å². The minimum absolute atomic E-state index is 0.0353. The van der Waals surface area contributed by atoms with Gasteiger partial charge in [-0.2, -0.15) is 0 Å². The normalized spacial score (nSPS) is 23.8. The van der Waals surface area contributed by atoms with Crippen molar-refractivity contribution in [1.29, 1.82) is 0 Å². The number of rotatable bonds is 6. The molecule has 1 aliphatic heterocycles. The molecule has 0 spiro atoms. The molecule has 2 amide bonds. The van der Waals surface area contributed by atoms with Crippen LogP contribution in [0.15, 0.2) is 0 Å². The molecule has 0 bridgehead atoms. The Kier molecular flexibility index (Phi) is 5.38. The Hall–Kier alpha value is -1.31. The number of nitrogens with one attached hydrogen (secondary N) is 2. The summed E-state index contributed by atoms with van der Waals surface area (Å²) in [5.74, 6) is -0.729. The van der Waals surface area contributed by atoms with Crippen molar-refractivity contribution in [2.75, 3.05) is 24.6 Å². The van der Waals surface area contributed by atoms with E-state index in [9.17, 15) is 18.0 Å². The van der Waals surface area contributed by atoms with Crippen LogP contribution in [0, 0.1) is 11.3 Å². The van der Waals surface area contributed by atoms with E-state index >= 15 is 0 Å². The molecule has 1 heterocycles. The standard InChI is InChI=1S/C12H22N2O5S/c1-3-12(2,10(15)16)8-14-11(17)13-6-9-4-5-20(18,19)7-9/h9H,3-8H2,1-2H3,(H,15,16)(H2,13,14,17). The van der Waals surface area contributed by atoms with Crippen LogP contribution in [-0.4, -0.2) is 50.1 Å². The maximum Gasteiger partial charge on any atom is 0.314 e. The molecule has 0 radical (unpaired) electrons. The van der Waals surface area contributed by atoms with Gasteiger partial charge < -0.3 is 15.7 Å². The van der Waals surface area contributed by atoms with E-state index in [1.807, 2.05) is 0 Å². The number of urea groups is 1. The molecule has 2 unspecified atom stereocenters. The van der Waals surface area contributed by atoms with Gasteiger partial charge in [0.1, 0.15) is 0 Å². The lowest BCUT2D eigenvalue weighted by Gasteiger charge is -2.23. The summed E-state index contributed by atoms with van der Waals surface area (Å²) in [6.45, 7) is 3.64. The van der Waals surface area contributed by atoms with Gasteiger partial charge in [-0.05, 0) is 25.7 Å². The Morgan fingerprint density at radius 2 is 2.00 bits per heavy atom. The van der Waals surface area contributed by atoms with Gasteiger partial charge in [-0.3, -0.25) is 4.79 Å². The van der Waals surface area contributed by atoms with Crippen molar-refractivity contribution in [3.05, 3.63) is 0 Å². The summed E-state index contributed by atoms with van der Waals surface area (Å²) in [5, 5.41) is 14.2. The third kappa shape index (κ3) is 4.66. The monoisotopic (exact) mass is 306 g/mol. The van der Waals surface area contributed by atoms with Gasteiger partial charge in [0.05, 0.1) is 16.9 Å². The highest BCUT2D eigenvalue weighted by atomic mass is 32.2. The van der Waals surface area contributed by atoms with Crippen molar-refractivity contribution in [3.63, 3.8) is 0 Å². The summed E-state index contributed by atoms with van der Waals surface area (Å²) in [7, 11) is -2.94. The molecule has 0 aromatic rings. The number of carbonyl (C=O) groups excluding carboxylic acids is 1. The molecule has 0 saturated carbocycles. The maximum atomic E-state index is 11.6. The molecule has 3 N–H and O–H groups in total. The van der Waals surface area contributed by atoms with Crippen LogP contribution >= 0.6 is 0 Å². The zero-order valence-corrected chi connectivity index (χ0v) is 12.6. The summed E-state index contributed by atoms with van der Waals surface area (Å²) in [5.41, 5.74) is -0.992. The number of carboxylic acids is 1. The van der Waals surface area contributed by atoms with E-state index in [0.717, 1.165) is 0 Å². The second-order valence-corrected chi connectivity index (χ2v) is 7.78. The molecule has 116 valence electrons. The molecule has 1 saturated heterocycles. The predicted octanol–water partition coefficient (Wildman–Crippen LogP) is 0.221. The van der Waals surface area contributed by atoms with Gasteiger partial charge in [0.2, 0.25) is 0 Å². The Bertz CT molecular complexity index is 476. The van der Waals surface area contributed by atoms with Crippen molar-refractivity contribution in [2.24, 2.45) is 11.3 Å². The van der Waals surface area contributed by atoms with Crippen LogP contribution in [0.5, 0.6) is 0 Å². The van der Waals surface area contributed by atoms with Crippen LogP contribution in [0.4, 0.5) is 4.79 Å². The predicted molar refractivity (Wildman–Crippen MR) is 74.2 cm³/mol. The van der Waals surface area contributed by atoms with Crippen LogP contribution in [0.25, 0.3) is 0 Å². The summed E-state index contributed by atoms with van der Waals surface area (Å²) in [6, 6.07) is -0.463. The van der Waals surface area contributed by atoms with Crippen LogP contribution in [0.3, 0.4) is 0 Å². The largest absolute Gasteiger partial charge is 0.481 e. The quantitative estimate of drug-likeness (QED) is 0.650. The fourth-order valence-electron chi connectivity index (χ4n) is 1.96. The molecule has 0 aromatic carbocycles.